The number of hydrogen-bond donors (Lipinski definition) is 0. The van der Waals surface area contributed by atoms with Crippen molar-refractivity contribution in [1.82, 2.24) is 0 Å². The molecule has 0 N–H and O–H groups in total. The van der Waals surface area contributed by atoms with E-state index in [4.69, 9.17) is 0 Å². The normalized spacial score (nSPS) is 49.9. The van der Waals surface area contributed by atoms with Crippen molar-refractivity contribution in [3.63, 3.8) is 0 Å². The molecule has 3 saturated carbocycles. The van der Waals surface area contributed by atoms with Gasteiger partial charge in [-0.3, -0.25) is 0 Å². The Hall–Kier alpha value is 0. The third-order valence-corrected chi connectivity index (χ3v) is 7.50. The summed E-state index contributed by atoms with van der Waals surface area (Å²) in [6.45, 7) is 10.3. The maximum atomic E-state index is 2.62. The van der Waals surface area contributed by atoms with Crippen LogP contribution in [-0.2, 0) is 0 Å². The standard InChI is InChI=1S/C19H34/c1-14-7-8-15-16(18(2,3)12-9-14)10-13-19(4)11-5-6-17(15)19/h14-17H,5-13H2,1-4H3. The summed E-state index contributed by atoms with van der Waals surface area (Å²) in [7, 11) is 0. The van der Waals surface area contributed by atoms with Crippen molar-refractivity contribution in [3.8, 4) is 0 Å². The van der Waals surface area contributed by atoms with Gasteiger partial charge < -0.3 is 0 Å². The first-order chi connectivity index (χ1) is 8.92. The highest BCUT2D eigenvalue weighted by Crippen LogP contribution is 2.61. The highest BCUT2D eigenvalue weighted by atomic mass is 14.6. The molecule has 0 saturated heterocycles. The van der Waals surface area contributed by atoms with Crippen LogP contribution in [0.15, 0.2) is 0 Å². The molecule has 0 aromatic heterocycles. The summed E-state index contributed by atoms with van der Waals surface area (Å²) in [5.41, 5.74) is 1.32. The third kappa shape index (κ3) is 2.38. The molecule has 0 aromatic rings. The van der Waals surface area contributed by atoms with E-state index < -0.39 is 0 Å². The van der Waals surface area contributed by atoms with Gasteiger partial charge >= 0.3 is 0 Å². The van der Waals surface area contributed by atoms with Crippen LogP contribution in [0.5, 0.6) is 0 Å². The Labute approximate surface area is 120 Å². The van der Waals surface area contributed by atoms with E-state index in [1.165, 1.54) is 51.4 Å². The molecule has 0 heterocycles. The SMILES string of the molecule is CC1CCC2C(CCC3(C)CCCC23)C(C)(C)CC1. The largest absolute Gasteiger partial charge is 0.0625 e. The fourth-order valence-corrected chi connectivity index (χ4v) is 6.08. The predicted molar refractivity (Wildman–Crippen MR) is 83.1 cm³/mol. The molecule has 110 valence electrons. The van der Waals surface area contributed by atoms with Crippen LogP contribution in [0.3, 0.4) is 0 Å². The molecule has 5 atom stereocenters. The highest BCUT2D eigenvalue weighted by molar-refractivity contribution is 5.01. The van der Waals surface area contributed by atoms with Crippen molar-refractivity contribution in [2.75, 3.05) is 0 Å². The van der Waals surface area contributed by atoms with E-state index in [2.05, 4.69) is 27.7 Å². The van der Waals surface area contributed by atoms with Crippen LogP contribution in [0, 0.1) is 34.5 Å². The van der Waals surface area contributed by atoms with Crippen molar-refractivity contribution < 1.29 is 0 Å². The fourth-order valence-electron chi connectivity index (χ4n) is 6.08. The van der Waals surface area contributed by atoms with Gasteiger partial charge in [-0.2, -0.15) is 0 Å². The van der Waals surface area contributed by atoms with Crippen LogP contribution in [0.2, 0.25) is 0 Å². The van der Waals surface area contributed by atoms with Crippen LogP contribution >= 0.6 is 0 Å². The smallest absolute Gasteiger partial charge is 0.0295 e. The summed E-state index contributed by atoms with van der Waals surface area (Å²) < 4.78 is 0. The van der Waals surface area contributed by atoms with Gasteiger partial charge in [0, 0.05) is 0 Å². The van der Waals surface area contributed by atoms with Crippen molar-refractivity contribution in [3.05, 3.63) is 0 Å². The second-order valence-corrected chi connectivity index (χ2v) is 9.17. The van der Waals surface area contributed by atoms with Crippen LogP contribution < -0.4 is 0 Å². The van der Waals surface area contributed by atoms with Gasteiger partial charge in [-0.15, -0.1) is 0 Å². The molecule has 0 amide bonds. The van der Waals surface area contributed by atoms with Crippen molar-refractivity contribution in [2.45, 2.75) is 85.5 Å². The quantitative estimate of drug-likeness (QED) is 0.498. The summed E-state index contributed by atoms with van der Waals surface area (Å²) >= 11 is 0. The first-order valence-electron chi connectivity index (χ1n) is 8.92. The van der Waals surface area contributed by atoms with Gasteiger partial charge in [-0.25, -0.2) is 0 Å². The Morgan fingerprint density at radius 3 is 2.32 bits per heavy atom. The molecule has 0 bridgehead atoms. The van der Waals surface area contributed by atoms with E-state index in [9.17, 15) is 0 Å². The predicted octanol–water partition coefficient (Wildman–Crippen LogP) is 6.06. The lowest BCUT2D eigenvalue weighted by Gasteiger charge is -2.53. The fraction of sp³-hybridized carbons (Fsp3) is 1.00. The molecule has 19 heavy (non-hydrogen) atoms. The minimum Gasteiger partial charge on any atom is -0.0625 e. The molecule has 0 aliphatic heterocycles. The van der Waals surface area contributed by atoms with Crippen LogP contribution in [-0.4, -0.2) is 0 Å². The second-order valence-electron chi connectivity index (χ2n) is 9.17. The summed E-state index contributed by atoms with van der Waals surface area (Å²) in [5, 5.41) is 0. The molecule has 0 aromatic carbocycles. The summed E-state index contributed by atoms with van der Waals surface area (Å²) in [5.74, 6) is 4.11. The van der Waals surface area contributed by atoms with Crippen molar-refractivity contribution >= 4 is 0 Å². The maximum absolute atomic E-state index is 2.62. The zero-order valence-electron chi connectivity index (χ0n) is 13.7. The van der Waals surface area contributed by atoms with E-state index in [0.29, 0.717) is 5.41 Å². The Morgan fingerprint density at radius 2 is 1.53 bits per heavy atom. The van der Waals surface area contributed by atoms with E-state index in [0.717, 1.165) is 29.1 Å². The number of rotatable bonds is 0. The molecule has 0 radical (unpaired) electrons. The lowest BCUT2D eigenvalue weighted by atomic mass is 9.52. The molecular formula is C19H34. The van der Waals surface area contributed by atoms with Gasteiger partial charge in [0.1, 0.15) is 0 Å². The highest BCUT2D eigenvalue weighted by Gasteiger charge is 2.52. The van der Waals surface area contributed by atoms with Gasteiger partial charge in [0.05, 0.1) is 0 Å². The van der Waals surface area contributed by atoms with Gasteiger partial charge in [-0.1, -0.05) is 47.0 Å². The minimum atomic E-state index is 0.600. The lowest BCUT2D eigenvalue weighted by molar-refractivity contribution is -0.0351. The summed E-state index contributed by atoms with van der Waals surface area (Å²) in [4.78, 5) is 0. The van der Waals surface area contributed by atoms with Crippen molar-refractivity contribution in [2.24, 2.45) is 34.5 Å². The molecule has 3 aliphatic carbocycles. The second kappa shape index (κ2) is 4.78. The molecular weight excluding hydrogens is 228 g/mol. The Balaban J connectivity index is 1.87. The van der Waals surface area contributed by atoms with Crippen LogP contribution in [0.4, 0.5) is 0 Å². The van der Waals surface area contributed by atoms with E-state index in [1.54, 1.807) is 6.42 Å². The minimum absolute atomic E-state index is 0.600. The third-order valence-electron chi connectivity index (χ3n) is 7.50. The molecule has 0 nitrogen and oxygen atoms in total. The monoisotopic (exact) mass is 262 g/mol. The first-order valence-corrected chi connectivity index (χ1v) is 8.92. The number of hydrogen-bond acceptors (Lipinski definition) is 0. The number of fused-ring (bicyclic) bond motifs is 3. The zero-order valence-corrected chi connectivity index (χ0v) is 13.7. The van der Waals surface area contributed by atoms with Crippen LogP contribution in [0.25, 0.3) is 0 Å². The molecule has 0 heteroatoms. The molecule has 3 aliphatic rings. The topological polar surface area (TPSA) is 0 Å². The van der Waals surface area contributed by atoms with E-state index in [1.807, 2.05) is 0 Å². The van der Waals surface area contributed by atoms with Gasteiger partial charge in [0.2, 0.25) is 0 Å². The Morgan fingerprint density at radius 1 is 0.737 bits per heavy atom. The van der Waals surface area contributed by atoms with Crippen molar-refractivity contribution in [1.29, 1.82) is 0 Å². The van der Waals surface area contributed by atoms with Crippen LogP contribution in [0.1, 0.15) is 85.5 Å². The first kappa shape index (κ1) is 14.0. The van der Waals surface area contributed by atoms with E-state index in [-0.39, 0.29) is 0 Å². The molecule has 5 unspecified atom stereocenters. The Bertz CT molecular complexity index is 329. The van der Waals surface area contributed by atoms with Gasteiger partial charge in [0.25, 0.3) is 0 Å². The zero-order chi connectivity index (χ0) is 13.7. The summed E-state index contributed by atoms with van der Waals surface area (Å²) in [6, 6.07) is 0. The Kier molecular flexibility index (Phi) is 3.51. The molecule has 3 rings (SSSR count). The average Bonchev–Trinajstić information content (AvgIpc) is 2.73. The lowest BCUT2D eigenvalue weighted by Crippen LogP contribution is -2.45. The van der Waals surface area contributed by atoms with E-state index >= 15 is 0 Å². The summed E-state index contributed by atoms with van der Waals surface area (Å²) in [6.07, 6.45) is 13.6. The molecule has 3 fully saturated rings. The van der Waals surface area contributed by atoms with Gasteiger partial charge in [-0.05, 0) is 73.0 Å². The molecule has 0 spiro atoms. The maximum Gasteiger partial charge on any atom is -0.0295 e. The average molecular weight is 262 g/mol. The van der Waals surface area contributed by atoms with Gasteiger partial charge in [0.15, 0.2) is 0 Å².